The SMILES string of the molecule is Cc1cnc(NC(=O)[C@H](C)N)s1. The number of carbonyl (C=O) groups excluding carboxylic acids is 1. The van der Waals surface area contributed by atoms with Crippen molar-refractivity contribution in [2.75, 3.05) is 5.32 Å². The van der Waals surface area contributed by atoms with Gasteiger partial charge in [0.15, 0.2) is 5.13 Å². The number of thiazole rings is 1. The molecule has 0 aliphatic rings. The van der Waals surface area contributed by atoms with Crippen molar-refractivity contribution in [3.63, 3.8) is 0 Å². The molecule has 0 saturated heterocycles. The summed E-state index contributed by atoms with van der Waals surface area (Å²) in [7, 11) is 0. The van der Waals surface area contributed by atoms with E-state index in [1.165, 1.54) is 11.3 Å². The molecular formula is C7H11N3OS. The summed E-state index contributed by atoms with van der Waals surface area (Å²) < 4.78 is 0. The lowest BCUT2D eigenvalue weighted by molar-refractivity contribution is -0.117. The van der Waals surface area contributed by atoms with Gasteiger partial charge in [0, 0.05) is 11.1 Å². The van der Waals surface area contributed by atoms with Gasteiger partial charge in [-0.15, -0.1) is 11.3 Å². The molecule has 0 aliphatic heterocycles. The van der Waals surface area contributed by atoms with Crippen LogP contribution < -0.4 is 11.1 Å². The minimum Gasteiger partial charge on any atom is -0.320 e. The predicted octanol–water partition coefficient (Wildman–Crippen LogP) is 0.737. The maximum absolute atomic E-state index is 11.1. The summed E-state index contributed by atoms with van der Waals surface area (Å²) >= 11 is 1.43. The Morgan fingerprint density at radius 3 is 2.92 bits per heavy atom. The molecule has 1 heterocycles. The Morgan fingerprint density at radius 1 is 1.83 bits per heavy atom. The van der Waals surface area contributed by atoms with Crippen LogP contribution in [-0.4, -0.2) is 16.9 Å². The van der Waals surface area contributed by atoms with Gasteiger partial charge in [0.25, 0.3) is 0 Å². The van der Waals surface area contributed by atoms with Crippen LogP contribution in [0.2, 0.25) is 0 Å². The lowest BCUT2D eigenvalue weighted by atomic mass is 10.3. The topological polar surface area (TPSA) is 68.0 Å². The summed E-state index contributed by atoms with van der Waals surface area (Å²) in [4.78, 5) is 16.1. The van der Waals surface area contributed by atoms with Crippen LogP contribution in [0.3, 0.4) is 0 Å². The number of aryl methyl sites for hydroxylation is 1. The average Bonchev–Trinajstić information content (AvgIpc) is 2.35. The molecule has 1 aromatic rings. The molecule has 0 radical (unpaired) electrons. The molecule has 1 atom stereocenters. The van der Waals surface area contributed by atoms with E-state index in [1.54, 1.807) is 13.1 Å². The predicted molar refractivity (Wildman–Crippen MR) is 49.1 cm³/mol. The van der Waals surface area contributed by atoms with Gasteiger partial charge < -0.3 is 11.1 Å². The number of aromatic nitrogens is 1. The number of amides is 1. The first-order valence-corrected chi connectivity index (χ1v) is 4.40. The first kappa shape index (κ1) is 9.15. The summed E-state index contributed by atoms with van der Waals surface area (Å²) in [6.07, 6.45) is 1.71. The molecule has 4 nitrogen and oxygen atoms in total. The number of hydrogen-bond acceptors (Lipinski definition) is 4. The van der Waals surface area contributed by atoms with Gasteiger partial charge in [-0.05, 0) is 13.8 Å². The van der Waals surface area contributed by atoms with E-state index in [0.29, 0.717) is 5.13 Å². The summed E-state index contributed by atoms with van der Waals surface area (Å²) in [5.41, 5.74) is 5.36. The lowest BCUT2D eigenvalue weighted by Crippen LogP contribution is -2.32. The van der Waals surface area contributed by atoms with Crippen LogP contribution in [0.25, 0.3) is 0 Å². The number of carbonyl (C=O) groups is 1. The van der Waals surface area contributed by atoms with E-state index in [0.717, 1.165) is 4.88 Å². The number of nitrogens with one attached hydrogen (secondary N) is 1. The van der Waals surface area contributed by atoms with E-state index in [1.807, 2.05) is 6.92 Å². The largest absolute Gasteiger partial charge is 0.320 e. The Labute approximate surface area is 74.8 Å². The Kier molecular flexibility index (Phi) is 2.78. The average molecular weight is 185 g/mol. The normalized spacial score (nSPS) is 12.6. The zero-order chi connectivity index (χ0) is 9.14. The third kappa shape index (κ3) is 2.28. The molecule has 0 saturated carbocycles. The second-order valence-electron chi connectivity index (χ2n) is 2.55. The van der Waals surface area contributed by atoms with Gasteiger partial charge in [-0.2, -0.15) is 0 Å². The van der Waals surface area contributed by atoms with Crippen LogP contribution in [0.15, 0.2) is 6.20 Å². The van der Waals surface area contributed by atoms with Crippen molar-refractivity contribution in [1.29, 1.82) is 0 Å². The van der Waals surface area contributed by atoms with Crippen molar-refractivity contribution in [3.05, 3.63) is 11.1 Å². The second-order valence-corrected chi connectivity index (χ2v) is 3.79. The molecule has 0 unspecified atom stereocenters. The molecule has 5 heteroatoms. The van der Waals surface area contributed by atoms with E-state index in [-0.39, 0.29) is 5.91 Å². The summed E-state index contributed by atoms with van der Waals surface area (Å²) in [5.74, 6) is -0.204. The van der Waals surface area contributed by atoms with E-state index in [9.17, 15) is 4.79 Å². The van der Waals surface area contributed by atoms with Crippen LogP contribution in [0, 0.1) is 6.92 Å². The fourth-order valence-corrected chi connectivity index (χ4v) is 1.30. The zero-order valence-corrected chi connectivity index (χ0v) is 7.81. The van der Waals surface area contributed by atoms with Crippen LogP contribution >= 0.6 is 11.3 Å². The third-order valence-corrected chi connectivity index (χ3v) is 2.09. The smallest absolute Gasteiger partial charge is 0.242 e. The van der Waals surface area contributed by atoms with Crippen molar-refractivity contribution in [1.82, 2.24) is 4.98 Å². The van der Waals surface area contributed by atoms with Gasteiger partial charge in [0.2, 0.25) is 5.91 Å². The Bertz CT molecular complexity index is 282. The van der Waals surface area contributed by atoms with Crippen molar-refractivity contribution in [3.8, 4) is 0 Å². The molecule has 1 rings (SSSR count). The van der Waals surface area contributed by atoms with Gasteiger partial charge in [-0.1, -0.05) is 0 Å². The molecule has 0 aromatic carbocycles. The molecule has 0 spiro atoms. The zero-order valence-electron chi connectivity index (χ0n) is 7.00. The fraction of sp³-hybridized carbons (Fsp3) is 0.429. The monoisotopic (exact) mass is 185 g/mol. The third-order valence-electron chi connectivity index (χ3n) is 1.26. The highest BCUT2D eigenvalue weighted by atomic mass is 32.1. The maximum Gasteiger partial charge on any atom is 0.242 e. The summed E-state index contributed by atoms with van der Waals surface area (Å²) in [5, 5.41) is 3.21. The van der Waals surface area contributed by atoms with Crippen LogP contribution in [0.5, 0.6) is 0 Å². The van der Waals surface area contributed by atoms with Crippen LogP contribution in [0.4, 0.5) is 5.13 Å². The molecular weight excluding hydrogens is 174 g/mol. The molecule has 12 heavy (non-hydrogen) atoms. The Balaban J connectivity index is 2.58. The first-order chi connectivity index (χ1) is 5.59. The summed E-state index contributed by atoms with van der Waals surface area (Å²) in [6.45, 7) is 3.56. The standard InChI is InChI=1S/C7H11N3OS/c1-4-3-9-7(12-4)10-6(11)5(2)8/h3,5H,8H2,1-2H3,(H,9,10,11)/t5-/m0/s1. The Morgan fingerprint density at radius 2 is 2.50 bits per heavy atom. The molecule has 66 valence electrons. The second kappa shape index (κ2) is 3.64. The van der Waals surface area contributed by atoms with Crippen molar-refractivity contribution in [2.24, 2.45) is 5.73 Å². The molecule has 3 N–H and O–H groups in total. The van der Waals surface area contributed by atoms with Crippen molar-refractivity contribution >= 4 is 22.4 Å². The van der Waals surface area contributed by atoms with E-state index in [2.05, 4.69) is 10.3 Å². The van der Waals surface area contributed by atoms with E-state index >= 15 is 0 Å². The minimum atomic E-state index is -0.491. The number of anilines is 1. The summed E-state index contributed by atoms with van der Waals surface area (Å²) in [6, 6.07) is -0.491. The number of rotatable bonds is 2. The van der Waals surface area contributed by atoms with Crippen molar-refractivity contribution in [2.45, 2.75) is 19.9 Å². The number of nitrogens with zero attached hydrogens (tertiary/aromatic N) is 1. The lowest BCUT2D eigenvalue weighted by Gasteiger charge is -2.02. The number of hydrogen-bond donors (Lipinski definition) is 2. The quantitative estimate of drug-likeness (QED) is 0.714. The van der Waals surface area contributed by atoms with Crippen molar-refractivity contribution < 1.29 is 4.79 Å². The highest BCUT2D eigenvalue weighted by molar-refractivity contribution is 7.15. The van der Waals surface area contributed by atoms with E-state index < -0.39 is 6.04 Å². The first-order valence-electron chi connectivity index (χ1n) is 3.58. The van der Waals surface area contributed by atoms with E-state index in [4.69, 9.17) is 5.73 Å². The highest BCUT2D eigenvalue weighted by Crippen LogP contribution is 2.16. The fourth-order valence-electron chi connectivity index (χ4n) is 0.632. The Hall–Kier alpha value is -0.940. The molecule has 0 bridgehead atoms. The molecule has 0 aliphatic carbocycles. The molecule has 1 aromatic heterocycles. The van der Waals surface area contributed by atoms with Gasteiger partial charge >= 0.3 is 0 Å². The van der Waals surface area contributed by atoms with Crippen LogP contribution in [0.1, 0.15) is 11.8 Å². The van der Waals surface area contributed by atoms with Gasteiger partial charge in [-0.25, -0.2) is 4.98 Å². The van der Waals surface area contributed by atoms with Gasteiger partial charge in [-0.3, -0.25) is 4.79 Å². The molecule has 1 amide bonds. The highest BCUT2D eigenvalue weighted by Gasteiger charge is 2.08. The van der Waals surface area contributed by atoms with Gasteiger partial charge in [0.05, 0.1) is 6.04 Å². The number of nitrogens with two attached hydrogens (primary N) is 1. The van der Waals surface area contributed by atoms with Crippen LogP contribution in [-0.2, 0) is 4.79 Å². The maximum atomic E-state index is 11.1. The van der Waals surface area contributed by atoms with Gasteiger partial charge in [0.1, 0.15) is 0 Å². The molecule has 0 fully saturated rings. The minimum absolute atomic E-state index is 0.204.